The van der Waals surface area contributed by atoms with E-state index in [0.29, 0.717) is 0 Å². The van der Waals surface area contributed by atoms with Gasteiger partial charge in [-0.25, -0.2) is 0 Å². The second kappa shape index (κ2) is 29.2. The highest BCUT2D eigenvalue weighted by atomic mass is 16.5. The minimum Gasteiger partial charge on any atom is -0.493 e. The summed E-state index contributed by atoms with van der Waals surface area (Å²) in [6.07, 6.45) is 4.31. The van der Waals surface area contributed by atoms with Gasteiger partial charge in [-0.2, -0.15) is 0 Å². The van der Waals surface area contributed by atoms with E-state index in [4.69, 9.17) is 9.47 Å². The van der Waals surface area contributed by atoms with Crippen LogP contribution in [-0.2, 0) is 0 Å². The summed E-state index contributed by atoms with van der Waals surface area (Å²) >= 11 is 0. The summed E-state index contributed by atoms with van der Waals surface area (Å²) < 4.78 is 17.4. The number of unbranched alkanes of at least 4 members (excludes halogenated alkanes) is 2. The molecule has 482 valence electrons. The second-order valence-electron chi connectivity index (χ2n) is 25.5. The lowest BCUT2D eigenvalue weighted by molar-refractivity contribution is 0.306. The second-order valence-corrected chi connectivity index (χ2v) is 25.5. The van der Waals surface area contributed by atoms with E-state index in [2.05, 4.69) is 376 Å². The first-order valence-electron chi connectivity index (χ1n) is 34.5. The average molecular weight is 1280 g/mol. The van der Waals surface area contributed by atoms with E-state index < -0.39 is 0 Å². The zero-order valence-corrected chi connectivity index (χ0v) is 56.9. The van der Waals surface area contributed by atoms with Crippen LogP contribution in [0.5, 0.6) is 11.5 Å². The highest BCUT2D eigenvalue weighted by molar-refractivity contribution is 6.13. The number of fused-ring (bicyclic) bond motifs is 8. The number of benzene rings is 14. The Morgan fingerprint density at radius 3 is 1.05 bits per heavy atom. The van der Waals surface area contributed by atoms with Crippen LogP contribution in [0.4, 0.5) is 22.7 Å². The molecule has 0 N–H and O–H groups in total. The molecule has 6 heteroatoms. The van der Waals surface area contributed by atoms with E-state index in [1.54, 1.807) is 0 Å². The molecule has 14 aromatic carbocycles. The number of hydrogen-bond acceptors (Lipinski definition) is 4. The number of para-hydroxylation sites is 4. The molecule has 0 aliphatic heterocycles. The molecular weight excluding hydrogens is 1190 g/mol. The maximum absolute atomic E-state index is 6.37. The SMILES string of the molecule is CCCCOc1ccc2cc(C)ccc2c1-c1c(OCCCC)ccc2cc(C)ccc12.CN(c1cccc(-c2ccccc2)c1)c1ccc2c(c1)c1ccccc1n2-c1ccccc1.CN(c1cccc(-c2ccccc2)c1)c1ccc2c(c1)c1ccccc1n2-c1ccccc1. The molecule has 0 saturated heterocycles. The van der Waals surface area contributed by atoms with E-state index in [1.807, 2.05) is 0 Å². The van der Waals surface area contributed by atoms with Gasteiger partial charge in [-0.1, -0.05) is 244 Å². The molecule has 0 radical (unpaired) electrons. The number of hydrogen-bond donors (Lipinski definition) is 0. The molecule has 16 rings (SSSR count). The van der Waals surface area contributed by atoms with Crippen LogP contribution in [0.1, 0.15) is 50.7 Å². The van der Waals surface area contributed by atoms with Gasteiger partial charge in [0.1, 0.15) is 11.5 Å². The number of rotatable bonds is 17. The third-order valence-electron chi connectivity index (χ3n) is 18.8. The van der Waals surface area contributed by atoms with Crippen molar-refractivity contribution in [2.75, 3.05) is 37.1 Å². The molecule has 0 amide bonds. The summed E-state index contributed by atoms with van der Waals surface area (Å²) in [6, 6.07) is 113. The third kappa shape index (κ3) is 13.3. The summed E-state index contributed by atoms with van der Waals surface area (Å²) in [4.78, 5) is 4.53. The number of aryl methyl sites for hydroxylation is 2. The molecule has 0 saturated carbocycles. The maximum atomic E-state index is 6.37. The molecule has 0 bridgehead atoms. The van der Waals surface area contributed by atoms with Crippen LogP contribution in [0.2, 0.25) is 0 Å². The van der Waals surface area contributed by atoms with E-state index in [1.165, 1.54) is 133 Å². The fraction of sp³-hybridized carbons (Fsp3) is 0.130. The molecule has 6 nitrogen and oxygen atoms in total. The van der Waals surface area contributed by atoms with Gasteiger partial charge in [0.15, 0.2) is 0 Å². The molecular formula is C92H82N4O2. The van der Waals surface area contributed by atoms with Crippen molar-refractivity contribution in [1.29, 1.82) is 0 Å². The first kappa shape index (κ1) is 63.8. The summed E-state index contributed by atoms with van der Waals surface area (Å²) in [6.45, 7) is 10.1. The fourth-order valence-corrected chi connectivity index (χ4v) is 13.7. The Kier molecular flexibility index (Phi) is 19.0. The predicted octanol–water partition coefficient (Wildman–Crippen LogP) is 25.1. The number of nitrogens with zero attached hydrogens (tertiary/aromatic N) is 4. The Labute approximate surface area is 576 Å². The summed E-state index contributed by atoms with van der Waals surface area (Å²) in [5.74, 6) is 1.87. The quantitative estimate of drug-likeness (QED) is 0.0851. The summed E-state index contributed by atoms with van der Waals surface area (Å²) in [5, 5.41) is 9.93. The Hall–Kier alpha value is -11.6. The predicted molar refractivity (Wildman–Crippen MR) is 419 cm³/mol. The fourth-order valence-electron chi connectivity index (χ4n) is 13.7. The van der Waals surface area contributed by atoms with Crippen molar-refractivity contribution in [3.05, 3.63) is 327 Å². The molecule has 0 unspecified atom stereocenters. The summed E-state index contributed by atoms with van der Waals surface area (Å²) in [7, 11) is 4.28. The normalized spacial score (nSPS) is 11.2. The van der Waals surface area contributed by atoms with Gasteiger partial charge in [-0.15, -0.1) is 0 Å². The topological polar surface area (TPSA) is 34.8 Å². The van der Waals surface area contributed by atoms with Crippen molar-refractivity contribution < 1.29 is 9.47 Å². The van der Waals surface area contributed by atoms with E-state index in [-0.39, 0.29) is 0 Å². The van der Waals surface area contributed by atoms with Gasteiger partial charge in [0.25, 0.3) is 0 Å². The lowest BCUT2D eigenvalue weighted by Gasteiger charge is -2.21. The van der Waals surface area contributed by atoms with Crippen LogP contribution in [0, 0.1) is 13.8 Å². The zero-order valence-electron chi connectivity index (χ0n) is 56.9. The lowest BCUT2D eigenvalue weighted by Crippen LogP contribution is -2.09. The number of ether oxygens (including phenoxy) is 2. The maximum Gasteiger partial charge on any atom is 0.127 e. The molecule has 2 aromatic heterocycles. The lowest BCUT2D eigenvalue weighted by atomic mass is 9.91. The number of aromatic nitrogens is 2. The van der Waals surface area contributed by atoms with Gasteiger partial charge >= 0.3 is 0 Å². The van der Waals surface area contributed by atoms with Gasteiger partial charge in [0.05, 0.1) is 35.3 Å². The Morgan fingerprint density at radius 2 is 0.643 bits per heavy atom. The largest absolute Gasteiger partial charge is 0.493 e. The standard InChI is InChI=1S/2C31H24N2.C30H34O2/c2*1-32(26-16-10-13-24(21-26)23-11-4-2-5-12-23)27-19-20-31-29(22-27)28-17-8-9-18-30(28)33(31)25-14-6-3-7-15-25;1-5-7-17-31-27-15-11-23-19-21(3)9-13-25(23)29(27)30-26-14-10-22(4)20-24(26)12-16-28(30)32-18-8-6-2/h2*2-22H,1H3;9-16,19-20H,5-8,17-18H2,1-4H3. The van der Waals surface area contributed by atoms with Crippen molar-refractivity contribution in [3.8, 4) is 56.3 Å². The first-order valence-corrected chi connectivity index (χ1v) is 34.5. The molecule has 0 fully saturated rings. The molecule has 98 heavy (non-hydrogen) atoms. The van der Waals surface area contributed by atoms with Crippen LogP contribution in [-0.4, -0.2) is 36.4 Å². The zero-order chi connectivity index (χ0) is 66.9. The molecule has 0 aliphatic carbocycles. The molecule has 0 atom stereocenters. The molecule has 16 aromatic rings. The Balaban J connectivity index is 0.000000126. The smallest absolute Gasteiger partial charge is 0.127 e. The van der Waals surface area contributed by atoms with Crippen molar-refractivity contribution in [1.82, 2.24) is 9.13 Å². The minimum absolute atomic E-state index is 0.719. The third-order valence-corrected chi connectivity index (χ3v) is 18.8. The van der Waals surface area contributed by atoms with Crippen molar-refractivity contribution in [2.24, 2.45) is 0 Å². The summed E-state index contributed by atoms with van der Waals surface area (Å²) in [5.41, 5.74) is 21.6. The highest BCUT2D eigenvalue weighted by Gasteiger charge is 2.21. The van der Waals surface area contributed by atoms with E-state index in [0.717, 1.165) is 61.5 Å². The van der Waals surface area contributed by atoms with Gasteiger partial charge in [0, 0.05) is 80.9 Å². The van der Waals surface area contributed by atoms with Crippen LogP contribution in [0.25, 0.3) is 110 Å². The van der Waals surface area contributed by atoms with Crippen LogP contribution < -0.4 is 19.3 Å². The van der Waals surface area contributed by atoms with Gasteiger partial charge in [-0.3, -0.25) is 0 Å². The van der Waals surface area contributed by atoms with Crippen molar-refractivity contribution >= 4 is 87.9 Å². The Bertz CT molecular complexity index is 5090. The van der Waals surface area contributed by atoms with Gasteiger partial charge in [0.2, 0.25) is 0 Å². The van der Waals surface area contributed by atoms with Crippen LogP contribution in [0.3, 0.4) is 0 Å². The van der Waals surface area contributed by atoms with Crippen molar-refractivity contribution in [3.63, 3.8) is 0 Å². The average Bonchev–Trinajstić information content (AvgIpc) is 1.46. The van der Waals surface area contributed by atoms with E-state index >= 15 is 0 Å². The minimum atomic E-state index is 0.719. The van der Waals surface area contributed by atoms with E-state index in [9.17, 15) is 0 Å². The monoisotopic (exact) mass is 1270 g/mol. The molecule has 0 aliphatic rings. The molecule has 0 spiro atoms. The number of anilines is 4. The van der Waals surface area contributed by atoms with Gasteiger partial charge < -0.3 is 28.4 Å². The Morgan fingerprint density at radius 1 is 0.286 bits per heavy atom. The van der Waals surface area contributed by atoms with Crippen LogP contribution >= 0.6 is 0 Å². The van der Waals surface area contributed by atoms with Gasteiger partial charge in [-0.05, 0) is 180 Å². The van der Waals surface area contributed by atoms with Crippen molar-refractivity contribution in [2.45, 2.75) is 53.4 Å². The highest BCUT2D eigenvalue weighted by Crippen LogP contribution is 2.47. The van der Waals surface area contributed by atoms with Crippen LogP contribution in [0.15, 0.2) is 315 Å². The first-order chi connectivity index (χ1) is 48.2. The molecule has 2 heterocycles.